The molecule has 0 bridgehead atoms. The molecule has 63 valence electrons. The second-order valence-electron chi connectivity index (χ2n) is 2.79. The average Bonchev–Trinajstić information content (AvgIpc) is 2.04. The van der Waals surface area contributed by atoms with Crippen molar-refractivity contribution in [2.45, 2.75) is 13.8 Å². The molecule has 0 aliphatic carbocycles. The Morgan fingerprint density at radius 3 is 2.75 bits per heavy atom. The van der Waals surface area contributed by atoms with Crippen molar-refractivity contribution in [2.24, 2.45) is 0 Å². The number of anilines is 1. The van der Waals surface area contributed by atoms with Crippen molar-refractivity contribution >= 4 is 11.6 Å². The van der Waals surface area contributed by atoms with Gasteiger partial charge in [0, 0.05) is 19.7 Å². The number of rotatable bonds is 1. The van der Waals surface area contributed by atoms with Crippen LogP contribution in [0.3, 0.4) is 0 Å². The minimum Gasteiger partial charge on any atom is -0.315 e. The van der Waals surface area contributed by atoms with Crippen LogP contribution in [0.4, 0.5) is 5.69 Å². The average molecular weight is 162 g/mol. The van der Waals surface area contributed by atoms with Crippen LogP contribution in [0.25, 0.3) is 0 Å². The summed E-state index contributed by atoms with van der Waals surface area (Å²) in [5.41, 5.74) is 2.01. The van der Waals surface area contributed by atoms with E-state index >= 15 is 0 Å². The molecular weight excluding hydrogens is 150 g/mol. The standard InChI is InChI=1S/C10H12NO/c1-8-6-4-5-7-10(8)11(3)9(2)12/h5-7H,1-3H3. The van der Waals surface area contributed by atoms with Crippen molar-refractivity contribution in [2.75, 3.05) is 11.9 Å². The van der Waals surface area contributed by atoms with Crippen molar-refractivity contribution in [3.63, 3.8) is 0 Å². The fourth-order valence-corrected chi connectivity index (χ4v) is 1.05. The summed E-state index contributed by atoms with van der Waals surface area (Å²) in [5, 5.41) is 0. The van der Waals surface area contributed by atoms with Crippen LogP contribution in [0.1, 0.15) is 12.5 Å². The van der Waals surface area contributed by atoms with E-state index < -0.39 is 0 Å². The lowest BCUT2D eigenvalue weighted by Gasteiger charge is -2.16. The number of nitrogens with zero attached hydrogens (tertiary/aromatic N) is 1. The van der Waals surface area contributed by atoms with Gasteiger partial charge in [0.25, 0.3) is 0 Å². The Hall–Kier alpha value is -1.31. The van der Waals surface area contributed by atoms with E-state index in [4.69, 9.17) is 0 Å². The number of benzene rings is 1. The van der Waals surface area contributed by atoms with E-state index in [0.29, 0.717) is 0 Å². The summed E-state index contributed by atoms with van der Waals surface area (Å²) in [6.07, 6.45) is 0. The van der Waals surface area contributed by atoms with Gasteiger partial charge in [0.05, 0.1) is 0 Å². The lowest BCUT2D eigenvalue weighted by Crippen LogP contribution is -2.23. The van der Waals surface area contributed by atoms with Crippen LogP contribution in [0.2, 0.25) is 0 Å². The van der Waals surface area contributed by atoms with Crippen molar-refractivity contribution in [3.05, 3.63) is 29.8 Å². The zero-order chi connectivity index (χ0) is 9.14. The molecule has 0 fully saturated rings. The highest BCUT2D eigenvalue weighted by Crippen LogP contribution is 2.16. The van der Waals surface area contributed by atoms with Gasteiger partial charge in [0.1, 0.15) is 0 Å². The molecule has 12 heavy (non-hydrogen) atoms. The van der Waals surface area contributed by atoms with E-state index in [-0.39, 0.29) is 5.91 Å². The summed E-state index contributed by atoms with van der Waals surface area (Å²) in [6, 6.07) is 8.52. The van der Waals surface area contributed by atoms with Crippen LogP contribution in [-0.4, -0.2) is 13.0 Å². The molecule has 0 saturated heterocycles. The first-order valence-electron chi connectivity index (χ1n) is 3.84. The molecule has 0 aliphatic rings. The molecule has 0 unspecified atom stereocenters. The van der Waals surface area contributed by atoms with Gasteiger partial charge in [-0.25, -0.2) is 0 Å². The maximum absolute atomic E-state index is 11.0. The first-order valence-corrected chi connectivity index (χ1v) is 3.84. The Labute approximate surface area is 72.8 Å². The molecule has 0 spiro atoms. The van der Waals surface area contributed by atoms with Gasteiger partial charge in [-0.2, -0.15) is 0 Å². The van der Waals surface area contributed by atoms with Crippen LogP contribution in [0, 0.1) is 13.0 Å². The molecule has 2 nitrogen and oxygen atoms in total. The third kappa shape index (κ3) is 1.64. The SMILES string of the molecule is CC(=O)N(C)c1cc[c]cc1C. The third-order valence-electron chi connectivity index (χ3n) is 1.87. The summed E-state index contributed by atoms with van der Waals surface area (Å²) < 4.78 is 0. The van der Waals surface area contributed by atoms with E-state index in [1.807, 2.05) is 25.1 Å². The Morgan fingerprint density at radius 1 is 1.58 bits per heavy atom. The van der Waals surface area contributed by atoms with Crippen molar-refractivity contribution in [1.82, 2.24) is 0 Å². The van der Waals surface area contributed by atoms with Gasteiger partial charge in [0.15, 0.2) is 0 Å². The van der Waals surface area contributed by atoms with E-state index in [0.717, 1.165) is 11.3 Å². The first-order chi connectivity index (χ1) is 5.63. The molecule has 0 N–H and O–H groups in total. The molecule has 1 rings (SSSR count). The maximum Gasteiger partial charge on any atom is 0.223 e. The zero-order valence-electron chi connectivity index (χ0n) is 7.59. The Balaban J connectivity index is 3.02. The van der Waals surface area contributed by atoms with Gasteiger partial charge in [-0.3, -0.25) is 4.79 Å². The first kappa shape index (κ1) is 8.78. The minimum absolute atomic E-state index is 0.0456. The van der Waals surface area contributed by atoms with Crippen molar-refractivity contribution in [3.8, 4) is 0 Å². The number of hydrogen-bond donors (Lipinski definition) is 0. The molecule has 1 radical (unpaired) electrons. The fourth-order valence-electron chi connectivity index (χ4n) is 1.05. The molecule has 0 heterocycles. The monoisotopic (exact) mass is 162 g/mol. The number of carbonyl (C=O) groups excluding carboxylic acids is 1. The molecule has 1 aromatic carbocycles. The summed E-state index contributed by atoms with van der Waals surface area (Å²) in [4.78, 5) is 12.6. The molecule has 0 aromatic heterocycles. The lowest BCUT2D eigenvalue weighted by atomic mass is 10.2. The molecule has 0 saturated carbocycles. The van der Waals surface area contributed by atoms with Crippen LogP contribution in [0.5, 0.6) is 0 Å². The Kier molecular flexibility index (Phi) is 2.48. The topological polar surface area (TPSA) is 20.3 Å². The summed E-state index contributed by atoms with van der Waals surface area (Å²) in [6.45, 7) is 3.52. The number of carbonyl (C=O) groups is 1. The largest absolute Gasteiger partial charge is 0.315 e. The zero-order valence-corrected chi connectivity index (χ0v) is 7.59. The van der Waals surface area contributed by atoms with Gasteiger partial charge in [0.2, 0.25) is 5.91 Å². The van der Waals surface area contributed by atoms with E-state index in [1.54, 1.807) is 18.9 Å². The van der Waals surface area contributed by atoms with Gasteiger partial charge in [-0.05, 0) is 30.7 Å². The second kappa shape index (κ2) is 3.39. The van der Waals surface area contributed by atoms with Gasteiger partial charge in [-0.1, -0.05) is 6.07 Å². The fraction of sp³-hybridized carbons (Fsp3) is 0.300. The normalized spacial score (nSPS) is 9.58. The number of hydrogen-bond acceptors (Lipinski definition) is 1. The molecule has 0 atom stereocenters. The van der Waals surface area contributed by atoms with Gasteiger partial charge < -0.3 is 4.90 Å². The number of amides is 1. The third-order valence-corrected chi connectivity index (χ3v) is 1.87. The number of aryl methyl sites for hydroxylation is 1. The highest BCUT2D eigenvalue weighted by molar-refractivity contribution is 5.91. The van der Waals surface area contributed by atoms with E-state index in [1.165, 1.54) is 0 Å². The van der Waals surface area contributed by atoms with Gasteiger partial charge >= 0.3 is 0 Å². The quantitative estimate of drug-likeness (QED) is 0.616. The minimum atomic E-state index is 0.0456. The molecule has 1 amide bonds. The van der Waals surface area contributed by atoms with Crippen LogP contribution >= 0.6 is 0 Å². The maximum atomic E-state index is 11.0. The lowest BCUT2D eigenvalue weighted by molar-refractivity contribution is -0.116. The molecule has 1 aromatic rings. The predicted molar refractivity (Wildman–Crippen MR) is 49.1 cm³/mol. The van der Waals surface area contributed by atoms with Crippen LogP contribution in [-0.2, 0) is 4.79 Å². The Bertz CT molecular complexity index is 294. The Morgan fingerprint density at radius 2 is 2.25 bits per heavy atom. The summed E-state index contributed by atoms with van der Waals surface area (Å²) >= 11 is 0. The molecule has 2 heteroatoms. The van der Waals surface area contributed by atoms with Crippen LogP contribution in [0.15, 0.2) is 18.2 Å². The second-order valence-corrected chi connectivity index (χ2v) is 2.79. The van der Waals surface area contributed by atoms with Crippen molar-refractivity contribution < 1.29 is 4.79 Å². The van der Waals surface area contributed by atoms with E-state index in [9.17, 15) is 4.79 Å². The van der Waals surface area contributed by atoms with E-state index in [2.05, 4.69) is 6.07 Å². The summed E-state index contributed by atoms with van der Waals surface area (Å²) in [7, 11) is 1.77. The predicted octanol–water partition coefficient (Wildman–Crippen LogP) is 1.78. The molecular formula is C10H12NO. The molecule has 0 aliphatic heterocycles. The summed E-state index contributed by atoms with van der Waals surface area (Å²) in [5.74, 6) is 0.0456. The highest BCUT2D eigenvalue weighted by Gasteiger charge is 2.06. The van der Waals surface area contributed by atoms with Gasteiger partial charge in [-0.15, -0.1) is 0 Å². The van der Waals surface area contributed by atoms with Crippen LogP contribution < -0.4 is 4.90 Å². The highest BCUT2D eigenvalue weighted by atomic mass is 16.2. The van der Waals surface area contributed by atoms with Crippen molar-refractivity contribution in [1.29, 1.82) is 0 Å². The smallest absolute Gasteiger partial charge is 0.223 e.